The zero-order valence-electron chi connectivity index (χ0n) is 21.8. The Morgan fingerprint density at radius 3 is 2.38 bits per heavy atom. The number of sulfonamides is 1. The van der Waals surface area contributed by atoms with Crippen molar-refractivity contribution in [2.24, 2.45) is 0 Å². The van der Waals surface area contributed by atoms with Crippen LogP contribution in [0.2, 0.25) is 0 Å². The number of carboxylic acids is 1. The maximum atomic E-state index is 13.4. The predicted octanol–water partition coefficient (Wildman–Crippen LogP) is 4.92. The summed E-state index contributed by atoms with van der Waals surface area (Å²) in [4.78, 5) is 24.9. The third kappa shape index (κ3) is 5.46. The molecule has 0 spiro atoms. The minimum absolute atomic E-state index is 0.0115. The Morgan fingerprint density at radius 2 is 1.72 bits per heavy atom. The number of benzene rings is 3. The van der Waals surface area contributed by atoms with Crippen LogP contribution in [0.1, 0.15) is 47.7 Å². The Morgan fingerprint density at radius 1 is 1.00 bits per heavy atom. The summed E-state index contributed by atoms with van der Waals surface area (Å²) in [5.74, 6) is -0.653. The van der Waals surface area contributed by atoms with Crippen molar-refractivity contribution in [3.05, 3.63) is 95.7 Å². The zero-order valence-corrected chi connectivity index (χ0v) is 22.6. The fourth-order valence-corrected chi connectivity index (χ4v) is 6.63. The Balaban J connectivity index is 1.43. The molecule has 9 heteroatoms. The quantitative estimate of drug-likeness (QED) is 0.299. The lowest BCUT2D eigenvalue weighted by Crippen LogP contribution is -2.28. The molecule has 4 aromatic rings. The summed E-state index contributed by atoms with van der Waals surface area (Å²) in [6, 6.07) is 20.7. The van der Waals surface area contributed by atoms with E-state index in [1.54, 1.807) is 71.4 Å². The molecule has 1 atom stereocenters. The second-order valence-corrected chi connectivity index (χ2v) is 12.0. The summed E-state index contributed by atoms with van der Waals surface area (Å²) in [5, 5.41) is 10.3. The van der Waals surface area contributed by atoms with Gasteiger partial charge in [-0.15, -0.1) is 0 Å². The van der Waals surface area contributed by atoms with Crippen LogP contribution in [0.25, 0.3) is 10.9 Å². The Kier molecular flexibility index (Phi) is 7.29. The Hall–Kier alpha value is -3.95. The van der Waals surface area contributed by atoms with Crippen molar-refractivity contribution in [3.63, 3.8) is 0 Å². The van der Waals surface area contributed by atoms with E-state index in [2.05, 4.69) is 0 Å². The van der Waals surface area contributed by atoms with Crippen LogP contribution in [0.5, 0.6) is 5.75 Å². The van der Waals surface area contributed by atoms with E-state index in [0.717, 1.165) is 10.9 Å². The van der Waals surface area contributed by atoms with Crippen LogP contribution < -0.4 is 4.74 Å². The third-order valence-electron chi connectivity index (χ3n) is 6.94. The zero-order chi connectivity index (χ0) is 27.7. The average molecular weight is 547 g/mol. The Bertz CT molecular complexity index is 1630. The first-order chi connectivity index (χ1) is 18.6. The Labute approximate surface area is 227 Å². The lowest BCUT2D eigenvalue weighted by molar-refractivity contribution is -0.137. The molecule has 1 N–H and O–H groups in total. The lowest BCUT2D eigenvalue weighted by Gasteiger charge is -2.17. The molecule has 2 heterocycles. The van der Waals surface area contributed by atoms with Gasteiger partial charge in [-0.1, -0.05) is 42.5 Å². The van der Waals surface area contributed by atoms with Crippen LogP contribution in [-0.4, -0.2) is 53.3 Å². The predicted molar refractivity (Wildman–Crippen MR) is 148 cm³/mol. The van der Waals surface area contributed by atoms with E-state index >= 15 is 0 Å². The average Bonchev–Trinajstić information content (AvgIpc) is 3.54. The molecule has 0 bridgehead atoms. The van der Waals surface area contributed by atoms with E-state index in [0.29, 0.717) is 35.4 Å². The lowest BCUT2D eigenvalue weighted by atomic mass is 9.96. The largest absolute Gasteiger partial charge is 0.491 e. The normalized spacial score (nSPS) is 16.1. The number of ketones is 1. The van der Waals surface area contributed by atoms with Gasteiger partial charge in [-0.2, -0.15) is 4.31 Å². The summed E-state index contributed by atoms with van der Waals surface area (Å²) in [6.07, 6.45) is 2.38. The number of aromatic nitrogens is 1. The number of rotatable bonds is 9. The van der Waals surface area contributed by atoms with Gasteiger partial charge in [0.2, 0.25) is 10.0 Å². The maximum absolute atomic E-state index is 13.4. The highest BCUT2D eigenvalue weighted by Gasteiger charge is 2.34. The van der Waals surface area contributed by atoms with Gasteiger partial charge in [0.1, 0.15) is 12.3 Å². The van der Waals surface area contributed by atoms with E-state index in [9.17, 15) is 23.1 Å². The SMILES string of the molecule is CC(C)Oc1ccc(S(=O)(=O)N2CCC(c3cn(CC(=O)O)c4cc(C(=O)c5ccccc5)ccc34)C2)cc1. The molecule has 1 aromatic heterocycles. The van der Waals surface area contributed by atoms with Crippen molar-refractivity contribution in [1.82, 2.24) is 8.87 Å². The summed E-state index contributed by atoms with van der Waals surface area (Å²) >= 11 is 0. The number of hydrogen-bond donors (Lipinski definition) is 1. The standard InChI is InChI=1S/C30H30N2O6S/c1-20(2)38-24-9-11-25(12-10-24)39(36,37)32-15-14-23(17-32)27-18-31(19-29(33)34)28-16-22(8-13-26(27)28)30(35)21-6-4-3-5-7-21/h3-13,16,18,20,23H,14-15,17,19H2,1-2H3,(H,33,34). The molecule has 1 fully saturated rings. The molecule has 0 saturated carbocycles. The van der Waals surface area contributed by atoms with Gasteiger partial charge in [0.05, 0.1) is 11.0 Å². The number of hydrogen-bond acceptors (Lipinski definition) is 5. The topological polar surface area (TPSA) is 106 Å². The fourth-order valence-electron chi connectivity index (χ4n) is 5.13. The molecule has 0 aliphatic carbocycles. The second-order valence-electron chi connectivity index (χ2n) is 10.0. The number of carboxylic acid groups (broad SMARTS) is 1. The molecule has 1 unspecified atom stereocenters. The first-order valence-electron chi connectivity index (χ1n) is 12.8. The molecule has 1 saturated heterocycles. The monoisotopic (exact) mass is 546 g/mol. The minimum Gasteiger partial charge on any atom is -0.491 e. The van der Waals surface area contributed by atoms with Gasteiger partial charge in [0, 0.05) is 47.2 Å². The van der Waals surface area contributed by atoms with Crippen LogP contribution >= 0.6 is 0 Å². The summed E-state index contributed by atoms with van der Waals surface area (Å²) < 4.78 is 35.5. The van der Waals surface area contributed by atoms with Crippen LogP contribution in [0.3, 0.4) is 0 Å². The van der Waals surface area contributed by atoms with Gasteiger partial charge in [-0.05, 0) is 56.2 Å². The van der Waals surface area contributed by atoms with Gasteiger partial charge in [-0.25, -0.2) is 8.42 Å². The number of nitrogens with zero attached hydrogens (tertiary/aromatic N) is 2. The smallest absolute Gasteiger partial charge is 0.323 e. The molecule has 0 amide bonds. The molecule has 1 aliphatic rings. The van der Waals surface area contributed by atoms with Crippen molar-refractivity contribution in [2.75, 3.05) is 13.1 Å². The van der Waals surface area contributed by atoms with Gasteiger partial charge < -0.3 is 14.4 Å². The first-order valence-corrected chi connectivity index (χ1v) is 14.3. The number of carbonyl (C=O) groups is 2. The summed E-state index contributed by atoms with van der Waals surface area (Å²) in [6.45, 7) is 4.19. The summed E-state index contributed by atoms with van der Waals surface area (Å²) in [5.41, 5.74) is 2.53. The van der Waals surface area contributed by atoms with Gasteiger partial charge in [0.15, 0.2) is 5.78 Å². The maximum Gasteiger partial charge on any atom is 0.323 e. The minimum atomic E-state index is -3.71. The molecule has 1 aliphatic heterocycles. The van der Waals surface area contributed by atoms with Crippen LogP contribution in [0, 0.1) is 0 Å². The van der Waals surface area contributed by atoms with E-state index < -0.39 is 16.0 Å². The molecule has 3 aromatic carbocycles. The van der Waals surface area contributed by atoms with Gasteiger partial charge in [0.25, 0.3) is 0 Å². The van der Waals surface area contributed by atoms with Crippen LogP contribution in [0.4, 0.5) is 0 Å². The highest BCUT2D eigenvalue weighted by Crippen LogP contribution is 2.37. The van der Waals surface area contributed by atoms with Crippen LogP contribution in [0.15, 0.2) is 83.9 Å². The van der Waals surface area contributed by atoms with Crippen molar-refractivity contribution >= 4 is 32.7 Å². The van der Waals surface area contributed by atoms with Crippen LogP contribution in [-0.2, 0) is 21.4 Å². The highest BCUT2D eigenvalue weighted by molar-refractivity contribution is 7.89. The third-order valence-corrected chi connectivity index (χ3v) is 8.82. The number of aliphatic carboxylic acids is 1. The number of fused-ring (bicyclic) bond motifs is 1. The van der Waals surface area contributed by atoms with Crippen molar-refractivity contribution in [2.45, 2.75) is 43.7 Å². The number of ether oxygens (including phenoxy) is 1. The van der Waals surface area contributed by atoms with Gasteiger partial charge >= 0.3 is 5.97 Å². The molecular weight excluding hydrogens is 516 g/mol. The molecule has 8 nitrogen and oxygen atoms in total. The molecule has 0 radical (unpaired) electrons. The number of carbonyl (C=O) groups excluding carboxylic acids is 1. The molecular formula is C30H30N2O6S. The van der Waals surface area contributed by atoms with E-state index in [1.165, 1.54) is 4.31 Å². The molecule has 39 heavy (non-hydrogen) atoms. The summed E-state index contributed by atoms with van der Waals surface area (Å²) in [7, 11) is -3.71. The van der Waals surface area contributed by atoms with E-state index in [-0.39, 0.29) is 35.8 Å². The highest BCUT2D eigenvalue weighted by atomic mass is 32.2. The van der Waals surface area contributed by atoms with Crippen molar-refractivity contribution in [3.8, 4) is 5.75 Å². The van der Waals surface area contributed by atoms with E-state index in [4.69, 9.17) is 4.74 Å². The molecule has 5 rings (SSSR count). The molecule has 202 valence electrons. The fraction of sp³-hybridized carbons (Fsp3) is 0.267. The first kappa shape index (κ1) is 26.6. The van der Waals surface area contributed by atoms with Gasteiger partial charge in [-0.3, -0.25) is 9.59 Å². The van der Waals surface area contributed by atoms with Crippen molar-refractivity contribution < 1.29 is 27.9 Å². The van der Waals surface area contributed by atoms with E-state index in [1.807, 2.05) is 26.0 Å². The van der Waals surface area contributed by atoms with Crippen molar-refractivity contribution in [1.29, 1.82) is 0 Å². The second kappa shape index (κ2) is 10.7.